The Hall–Kier alpha value is -2.06. The summed E-state index contributed by atoms with van der Waals surface area (Å²) in [6, 6.07) is 9.20. The van der Waals surface area contributed by atoms with Gasteiger partial charge in [0, 0.05) is 29.0 Å². The molecule has 1 aromatic carbocycles. The van der Waals surface area contributed by atoms with Crippen molar-refractivity contribution in [1.29, 1.82) is 0 Å². The van der Waals surface area contributed by atoms with Crippen LogP contribution in [0.2, 0.25) is 0 Å². The maximum Gasteiger partial charge on any atom is 0.307 e. The number of hydrogen-bond acceptors (Lipinski definition) is 5. The lowest BCUT2D eigenvalue weighted by atomic mass is 10.1. The van der Waals surface area contributed by atoms with Crippen molar-refractivity contribution >= 4 is 60.8 Å². The normalized spacial score (nSPS) is 15.0. The molecule has 1 fully saturated rings. The number of halogens is 2. The lowest BCUT2D eigenvalue weighted by molar-refractivity contribution is 0.0929. The molecular weight excluding hydrogens is 478 g/mol. The highest BCUT2D eigenvalue weighted by Crippen LogP contribution is 2.31. The smallest absolute Gasteiger partial charge is 0.307 e. The quantitative estimate of drug-likeness (QED) is 0.394. The number of carbonyl (C=O) groups is 1. The molecule has 2 aromatic heterocycles. The van der Waals surface area contributed by atoms with Crippen molar-refractivity contribution in [3.8, 4) is 0 Å². The van der Waals surface area contributed by atoms with Crippen molar-refractivity contribution < 1.29 is 13.6 Å². The van der Waals surface area contributed by atoms with Gasteiger partial charge in [-0.15, -0.1) is 0 Å². The molecule has 0 unspecified atom stereocenters. The second-order valence-corrected chi connectivity index (χ2v) is 8.11. The molecule has 1 aliphatic rings. The monoisotopic (exact) mass is 493 g/mol. The maximum absolute atomic E-state index is 12.3. The topological polar surface area (TPSA) is 71.0 Å². The van der Waals surface area contributed by atoms with Gasteiger partial charge in [0.05, 0.1) is 10.7 Å². The van der Waals surface area contributed by atoms with Crippen molar-refractivity contribution in [3.05, 3.63) is 50.8 Å². The Balaban J connectivity index is 1.42. The van der Waals surface area contributed by atoms with Crippen LogP contribution in [0.3, 0.4) is 0 Å². The molecule has 6 nitrogen and oxygen atoms in total. The van der Waals surface area contributed by atoms with Crippen molar-refractivity contribution in [1.82, 2.24) is 5.43 Å². The first-order valence-corrected chi connectivity index (χ1v) is 10.3. The number of nitrogens with zero attached hydrogens (tertiary/aromatic N) is 2. The van der Waals surface area contributed by atoms with Crippen LogP contribution in [0.4, 0.5) is 5.88 Å². The molecular formula is C19H17Br2N3O3. The summed E-state index contributed by atoms with van der Waals surface area (Å²) in [5.41, 5.74) is 3.08. The van der Waals surface area contributed by atoms with Crippen LogP contribution in [0, 0.1) is 0 Å². The molecule has 1 N–H and O–H groups in total. The number of furan rings is 2. The highest BCUT2D eigenvalue weighted by molar-refractivity contribution is 9.11. The van der Waals surface area contributed by atoms with Gasteiger partial charge in [-0.05, 0) is 59.5 Å². The first kappa shape index (κ1) is 18.3. The molecule has 0 aliphatic carbocycles. The second-order valence-electron chi connectivity index (χ2n) is 6.34. The standard InChI is InChI=1S/C19H17Br2N3O3/c20-13-8-12-9-16(27-18(12)15(21)10-13)19(25)23-22-11-14-4-5-17(26-14)24-6-2-1-3-7-24/h4-5,8-11H,1-3,6-7H2,(H,23,25)/b22-11-. The van der Waals surface area contributed by atoms with E-state index in [1.54, 1.807) is 6.07 Å². The SMILES string of the molecule is O=C(N/N=C\c1ccc(N2CCCCC2)o1)c1cc2cc(Br)cc(Br)c2o1. The van der Waals surface area contributed by atoms with Crippen LogP contribution in [0.25, 0.3) is 11.0 Å². The zero-order valence-corrected chi connectivity index (χ0v) is 17.5. The van der Waals surface area contributed by atoms with E-state index >= 15 is 0 Å². The Morgan fingerprint density at radius 1 is 1.11 bits per heavy atom. The van der Waals surface area contributed by atoms with E-state index in [0.29, 0.717) is 11.3 Å². The highest BCUT2D eigenvalue weighted by atomic mass is 79.9. The van der Waals surface area contributed by atoms with Gasteiger partial charge in [-0.2, -0.15) is 5.10 Å². The molecule has 1 aliphatic heterocycles. The molecule has 27 heavy (non-hydrogen) atoms. The summed E-state index contributed by atoms with van der Waals surface area (Å²) in [4.78, 5) is 14.5. The number of fused-ring (bicyclic) bond motifs is 1. The van der Waals surface area contributed by atoms with Crippen LogP contribution in [-0.2, 0) is 0 Å². The van der Waals surface area contributed by atoms with Gasteiger partial charge < -0.3 is 13.7 Å². The molecule has 0 atom stereocenters. The number of carbonyl (C=O) groups excluding carboxylic acids is 1. The van der Waals surface area contributed by atoms with Gasteiger partial charge >= 0.3 is 5.91 Å². The average molecular weight is 495 g/mol. The maximum atomic E-state index is 12.3. The van der Waals surface area contributed by atoms with Crippen LogP contribution >= 0.6 is 31.9 Å². The lowest BCUT2D eigenvalue weighted by Gasteiger charge is -2.25. The third-order valence-corrected chi connectivity index (χ3v) is 5.44. The van der Waals surface area contributed by atoms with Gasteiger partial charge in [0.1, 0.15) is 11.3 Å². The first-order chi connectivity index (χ1) is 13.1. The Bertz CT molecular complexity index is 1000. The van der Waals surface area contributed by atoms with E-state index < -0.39 is 5.91 Å². The van der Waals surface area contributed by atoms with E-state index in [4.69, 9.17) is 8.83 Å². The molecule has 1 amide bonds. The number of hydrogen-bond donors (Lipinski definition) is 1. The zero-order valence-electron chi connectivity index (χ0n) is 14.4. The van der Waals surface area contributed by atoms with Crippen LogP contribution in [-0.4, -0.2) is 25.2 Å². The summed E-state index contributed by atoms with van der Waals surface area (Å²) in [5.74, 6) is 1.20. The Morgan fingerprint density at radius 3 is 2.74 bits per heavy atom. The van der Waals surface area contributed by atoms with Crippen molar-refractivity contribution in [3.63, 3.8) is 0 Å². The fourth-order valence-electron chi connectivity index (χ4n) is 3.09. The summed E-state index contributed by atoms with van der Waals surface area (Å²) < 4.78 is 13.1. The van der Waals surface area contributed by atoms with Gasteiger partial charge in [0.15, 0.2) is 11.6 Å². The second kappa shape index (κ2) is 7.90. The summed E-state index contributed by atoms with van der Waals surface area (Å²) >= 11 is 6.85. The number of amides is 1. The molecule has 0 saturated carbocycles. The fraction of sp³-hybridized carbons (Fsp3) is 0.263. The zero-order chi connectivity index (χ0) is 18.8. The van der Waals surface area contributed by atoms with E-state index in [-0.39, 0.29) is 5.76 Å². The first-order valence-electron chi connectivity index (χ1n) is 8.67. The number of anilines is 1. The van der Waals surface area contributed by atoms with Crippen molar-refractivity contribution in [2.75, 3.05) is 18.0 Å². The van der Waals surface area contributed by atoms with Crippen molar-refractivity contribution in [2.45, 2.75) is 19.3 Å². The van der Waals surface area contributed by atoms with E-state index in [1.807, 2.05) is 24.3 Å². The molecule has 1 saturated heterocycles. The van der Waals surface area contributed by atoms with Gasteiger partial charge in [-0.3, -0.25) is 4.79 Å². The van der Waals surface area contributed by atoms with Crippen LogP contribution in [0.15, 0.2) is 53.2 Å². The Kier molecular flexibility index (Phi) is 5.36. The average Bonchev–Trinajstić information content (AvgIpc) is 3.29. The predicted octanol–water partition coefficient (Wildman–Crippen LogP) is 5.31. The summed E-state index contributed by atoms with van der Waals surface area (Å²) in [7, 11) is 0. The van der Waals surface area contributed by atoms with E-state index in [1.165, 1.54) is 25.5 Å². The van der Waals surface area contributed by atoms with Gasteiger partial charge in [0.25, 0.3) is 0 Å². The van der Waals surface area contributed by atoms with Gasteiger partial charge in [0.2, 0.25) is 0 Å². The largest absolute Gasteiger partial charge is 0.450 e. The summed E-state index contributed by atoms with van der Waals surface area (Å²) in [6.45, 7) is 2.02. The Morgan fingerprint density at radius 2 is 1.93 bits per heavy atom. The molecule has 140 valence electrons. The Labute approximate surface area is 172 Å². The van der Waals surface area contributed by atoms with E-state index in [9.17, 15) is 4.79 Å². The van der Waals surface area contributed by atoms with Gasteiger partial charge in [-0.1, -0.05) is 15.9 Å². The summed E-state index contributed by atoms with van der Waals surface area (Å²) in [6.07, 6.45) is 5.13. The molecule has 3 heterocycles. The van der Waals surface area contributed by atoms with E-state index in [0.717, 1.165) is 33.3 Å². The number of rotatable bonds is 4. The lowest BCUT2D eigenvalue weighted by Crippen LogP contribution is -2.28. The summed E-state index contributed by atoms with van der Waals surface area (Å²) in [5, 5.41) is 4.79. The number of nitrogens with one attached hydrogen (secondary N) is 1. The highest BCUT2D eigenvalue weighted by Gasteiger charge is 2.15. The van der Waals surface area contributed by atoms with Crippen LogP contribution < -0.4 is 10.3 Å². The third-order valence-electron chi connectivity index (χ3n) is 4.40. The van der Waals surface area contributed by atoms with Crippen LogP contribution in [0.5, 0.6) is 0 Å². The van der Waals surface area contributed by atoms with Gasteiger partial charge in [-0.25, -0.2) is 5.43 Å². The molecule has 0 spiro atoms. The third kappa shape index (κ3) is 4.11. The van der Waals surface area contributed by atoms with Crippen LogP contribution in [0.1, 0.15) is 35.6 Å². The number of benzene rings is 1. The molecule has 0 radical (unpaired) electrons. The fourth-order valence-corrected chi connectivity index (χ4v) is 4.43. The molecule has 4 rings (SSSR count). The molecule has 0 bridgehead atoms. The molecule has 8 heteroatoms. The minimum absolute atomic E-state index is 0.189. The minimum atomic E-state index is -0.423. The number of hydrazone groups is 1. The van der Waals surface area contributed by atoms with E-state index in [2.05, 4.69) is 47.3 Å². The minimum Gasteiger partial charge on any atom is -0.450 e. The number of piperidine rings is 1. The van der Waals surface area contributed by atoms with Crippen molar-refractivity contribution in [2.24, 2.45) is 5.10 Å². The molecule has 3 aromatic rings. The predicted molar refractivity (Wildman–Crippen MR) is 111 cm³/mol.